The quantitative estimate of drug-likeness (QED) is 0.0397. The fourth-order valence-corrected chi connectivity index (χ4v) is 5.85. The lowest BCUT2D eigenvalue weighted by molar-refractivity contribution is -0.161. The van der Waals surface area contributed by atoms with Crippen molar-refractivity contribution in [3.05, 3.63) is 0 Å². The first-order valence-electron chi connectivity index (χ1n) is 18.0. The standard InChI is InChI=1S/C34H68NO8P/c1-3-5-6-7-8-9-10-11-12-13-14-15-16-17-18-19-20-21-22-23-24-25-27-34(37)43-32(30-40-33(36)26-4-2)31-42-44(38,39)41-29-28-35/h32H,3-31,35H2,1-2H3,(H,38,39). The van der Waals surface area contributed by atoms with Gasteiger partial charge in [0.15, 0.2) is 6.10 Å². The van der Waals surface area contributed by atoms with Crippen LogP contribution >= 0.6 is 7.82 Å². The molecule has 0 heterocycles. The maximum Gasteiger partial charge on any atom is 0.472 e. The van der Waals surface area contributed by atoms with Gasteiger partial charge in [0.05, 0.1) is 13.2 Å². The first-order chi connectivity index (χ1) is 21.3. The Labute approximate surface area is 269 Å². The monoisotopic (exact) mass is 649 g/mol. The van der Waals surface area contributed by atoms with Gasteiger partial charge in [0, 0.05) is 19.4 Å². The molecular formula is C34H68NO8P. The van der Waals surface area contributed by atoms with E-state index in [2.05, 4.69) is 6.92 Å². The summed E-state index contributed by atoms with van der Waals surface area (Å²) < 4.78 is 32.0. The Kier molecular flexibility index (Phi) is 31.3. The van der Waals surface area contributed by atoms with E-state index in [4.69, 9.17) is 24.3 Å². The van der Waals surface area contributed by atoms with E-state index in [0.29, 0.717) is 12.8 Å². The van der Waals surface area contributed by atoms with Crippen LogP contribution in [-0.4, -0.2) is 49.3 Å². The molecule has 44 heavy (non-hydrogen) atoms. The molecule has 262 valence electrons. The number of carbonyl (C=O) groups excluding carboxylic acids is 2. The van der Waals surface area contributed by atoms with Gasteiger partial charge in [0.2, 0.25) is 0 Å². The number of esters is 2. The normalized spacial score (nSPS) is 13.5. The first kappa shape index (κ1) is 43.0. The highest BCUT2D eigenvalue weighted by molar-refractivity contribution is 7.47. The lowest BCUT2D eigenvalue weighted by Gasteiger charge is -2.19. The lowest BCUT2D eigenvalue weighted by Crippen LogP contribution is -2.29. The minimum absolute atomic E-state index is 0.0560. The van der Waals surface area contributed by atoms with Crippen LogP contribution in [0.3, 0.4) is 0 Å². The largest absolute Gasteiger partial charge is 0.472 e. The van der Waals surface area contributed by atoms with Crippen molar-refractivity contribution in [1.29, 1.82) is 0 Å². The van der Waals surface area contributed by atoms with Crippen molar-refractivity contribution in [3.63, 3.8) is 0 Å². The van der Waals surface area contributed by atoms with Gasteiger partial charge >= 0.3 is 19.8 Å². The van der Waals surface area contributed by atoms with Crippen molar-refractivity contribution in [2.45, 2.75) is 180 Å². The van der Waals surface area contributed by atoms with Crippen LogP contribution in [0.5, 0.6) is 0 Å². The second kappa shape index (κ2) is 32.0. The zero-order chi connectivity index (χ0) is 32.6. The molecule has 2 atom stereocenters. The Morgan fingerprint density at radius 1 is 0.591 bits per heavy atom. The maximum atomic E-state index is 12.3. The predicted octanol–water partition coefficient (Wildman–Crippen LogP) is 9.33. The molecule has 0 aromatic heterocycles. The van der Waals surface area contributed by atoms with Gasteiger partial charge in [-0.15, -0.1) is 0 Å². The topological polar surface area (TPSA) is 134 Å². The van der Waals surface area contributed by atoms with E-state index in [-0.39, 0.29) is 32.6 Å². The summed E-state index contributed by atoms with van der Waals surface area (Å²) in [5.41, 5.74) is 5.28. The van der Waals surface area contributed by atoms with E-state index in [9.17, 15) is 19.0 Å². The minimum atomic E-state index is -4.34. The molecule has 0 amide bonds. The van der Waals surface area contributed by atoms with Crippen LogP contribution in [0, 0.1) is 0 Å². The van der Waals surface area contributed by atoms with E-state index in [1.165, 1.54) is 122 Å². The third kappa shape index (κ3) is 31.0. The lowest BCUT2D eigenvalue weighted by atomic mass is 10.0. The highest BCUT2D eigenvalue weighted by Gasteiger charge is 2.25. The van der Waals surface area contributed by atoms with Crippen LogP contribution in [0.2, 0.25) is 0 Å². The molecule has 0 fully saturated rings. The SMILES string of the molecule is CCCCCCCCCCCCCCCCCCCCCCCCC(=O)OC(COC(=O)CCC)COP(=O)(O)OCCN. The molecule has 0 bridgehead atoms. The van der Waals surface area contributed by atoms with Crippen molar-refractivity contribution in [3.8, 4) is 0 Å². The molecule has 0 aliphatic rings. The number of hydrogen-bond acceptors (Lipinski definition) is 8. The van der Waals surface area contributed by atoms with Crippen LogP contribution < -0.4 is 5.73 Å². The van der Waals surface area contributed by atoms with Crippen LogP contribution in [0.15, 0.2) is 0 Å². The summed E-state index contributed by atoms with van der Waals surface area (Å²) in [4.78, 5) is 33.7. The predicted molar refractivity (Wildman–Crippen MR) is 178 cm³/mol. The summed E-state index contributed by atoms with van der Waals surface area (Å²) in [7, 11) is -4.34. The van der Waals surface area contributed by atoms with Gasteiger partial charge in [0.25, 0.3) is 0 Å². The highest BCUT2D eigenvalue weighted by Crippen LogP contribution is 2.43. The Bertz CT molecular complexity index is 709. The van der Waals surface area contributed by atoms with Crippen molar-refractivity contribution < 1.29 is 37.6 Å². The van der Waals surface area contributed by atoms with Gasteiger partial charge in [-0.1, -0.05) is 149 Å². The summed E-state index contributed by atoms with van der Waals surface area (Å²) in [6.45, 7) is 3.35. The van der Waals surface area contributed by atoms with Crippen LogP contribution in [0.1, 0.15) is 174 Å². The summed E-state index contributed by atoms with van der Waals surface area (Å²) in [6, 6.07) is 0. The molecule has 0 aromatic carbocycles. The molecule has 0 aromatic rings. The van der Waals surface area contributed by atoms with Gasteiger partial charge in [-0.05, 0) is 12.8 Å². The Hall–Kier alpha value is -0.990. The molecule has 0 rings (SSSR count). The molecule has 3 N–H and O–H groups in total. The van der Waals surface area contributed by atoms with Gasteiger partial charge < -0.3 is 20.1 Å². The van der Waals surface area contributed by atoms with Crippen LogP contribution in [-0.2, 0) is 32.7 Å². The molecule has 0 aliphatic heterocycles. The Balaban J connectivity index is 3.74. The fourth-order valence-electron chi connectivity index (χ4n) is 5.08. The summed E-state index contributed by atoms with van der Waals surface area (Å²) in [6.07, 6.45) is 28.9. The van der Waals surface area contributed by atoms with Gasteiger partial charge in [-0.3, -0.25) is 18.6 Å². The summed E-state index contributed by atoms with van der Waals surface area (Å²) in [5.74, 6) is -0.881. The number of nitrogens with two attached hydrogens (primary N) is 1. The second-order valence-corrected chi connectivity index (χ2v) is 13.6. The number of hydrogen-bond donors (Lipinski definition) is 2. The van der Waals surface area contributed by atoms with Crippen LogP contribution in [0.25, 0.3) is 0 Å². The smallest absolute Gasteiger partial charge is 0.462 e. The van der Waals surface area contributed by atoms with E-state index in [0.717, 1.165) is 12.8 Å². The van der Waals surface area contributed by atoms with E-state index in [1.54, 1.807) is 0 Å². The zero-order valence-corrected chi connectivity index (χ0v) is 29.3. The zero-order valence-electron chi connectivity index (χ0n) is 28.4. The average Bonchev–Trinajstić information content (AvgIpc) is 3.00. The molecule has 0 saturated carbocycles. The number of phosphoric acid groups is 1. The van der Waals surface area contributed by atoms with Gasteiger partial charge in [-0.2, -0.15) is 0 Å². The van der Waals surface area contributed by atoms with Crippen molar-refractivity contribution in [1.82, 2.24) is 0 Å². The molecule has 0 spiro atoms. The molecular weight excluding hydrogens is 581 g/mol. The fraction of sp³-hybridized carbons (Fsp3) is 0.941. The third-order valence-electron chi connectivity index (χ3n) is 7.71. The summed E-state index contributed by atoms with van der Waals surface area (Å²) in [5, 5.41) is 0. The third-order valence-corrected chi connectivity index (χ3v) is 8.70. The van der Waals surface area contributed by atoms with Crippen molar-refractivity contribution in [2.75, 3.05) is 26.4 Å². The van der Waals surface area contributed by atoms with Crippen molar-refractivity contribution in [2.24, 2.45) is 5.73 Å². The number of phosphoric ester groups is 1. The number of carbonyl (C=O) groups is 2. The van der Waals surface area contributed by atoms with Crippen molar-refractivity contribution >= 4 is 19.8 Å². The first-order valence-corrected chi connectivity index (χ1v) is 19.5. The Morgan fingerprint density at radius 3 is 1.43 bits per heavy atom. The highest BCUT2D eigenvalue weighted by atomic mass is 31.2. The molecule has 10 heteroatoms. The van der Waals surface area contributed by atoms with E-state index in [1.807, 2.05) is 6.92 Å². The number of unbranched alkanes of at least 4 members (excludes halogenated alkanes) is 21. The number of rotatable bonds is 34. The van der Waals surface area contributed by atoms with Gasteiger partial charge in [-0.25, -0.2) is 4.57 Å². The Morgan fingerprint density at radius 2 is 1.02 bits per heavy atom. The number of ether oxygens (including phenoxy) is 2. The molecule has 2 unspecified atom stereocenters. The van der Waals surface area contributed by atoms with Gasteiger partial charge in [0.1, 0.15) is 6.61 Å². The van der Waals surface area contributed by atoms with E-state index >= 15 is 0 Å². The van der Waals surface area contributed by atoms with E-state index < -0.39 is 32.5 Å². The second-order valence-electron chi connectivity index (χ2n) is 12.1. The maximum absolute atomic E-state index is 12.3. The molecule has 0 saturated heterocycles. The molecule has 0 aliphatic carbocycles. The molecule has 0 radical (unpaired) electrons. The summed E-state index contributed by atoms with van der Waals surface area (Å²) >= 11 is 0. The van der Waals surface area contributed by atoms with Crippen LogP contribution in [0.4, 0.5) is 0 Å². The average molecular weight is 650 g/mol. The minimum Gasteiger partial charge on any atom is -0.462 e. The molecule has 9 nitrogen and oxygen atoms in total.